The molecule has 0 aromatic carbocycles. The number of aliphatic hydroxyl groups excluding tert-OH is 1. The van der Waals surface area contributed by atoms with Crippen molar-refractivity contribution in [3.8, 4) is 18.1 Å². The van der Waals surface area contributed by atoms with Crippen LogP contribution < -0.4 is 20.3 Å². The van der Waals surface area contributed by atoms with Crippen LogP contribution in [-0.4, -0.2) is 88.1 Å². The number of aliphatic hydroxyl groups is 1. The van der Waals surface area contributed by atoms with Crippen molar-refractivity contribution in [2.24, 2.45) is 0 Å². The Kier molecular flexibility index (Phi) is 6.06. The average molecular weight is 584 g/mol. The first kappa shape index (κ1) is 26.0. The maximum absolute atomic E-state index is 14.3. The Bertz CT molecular complexity index is 1430. The normalized spacial score (nSPS) is 27.1. The van der Waals surface area contributed by atoms with E-state index in [0.29, 0.717) is 61.4 Å². The van der Waals surface area contributed by atoms with E-state index in [0.717, 1.165) is 35.6 Å². The third-order valence-electron chi connectivity index (χ3n) is 9.07. The lowest BCUT2D eigenvalue weighted by atomic mass is 9.88. The van der Waals surface area contributed by atoms with E-state index in [1.54, 1.807) is 4.90 Å². The second-order valence-corrected chi connectivity index (χ2v) is 14.0. The fraction of sp³-hybridized carbons (Fsp3) is 0.654. The number of alkyl halides is 1. The zero-order chi connectivity index (χ0) is 27.7. The molecule has 2 atom stereocenters. The van der Waals surface area contributed by atoms with Gasteiger partial charge in [0.15, 0.2) is 0 Å². The topological polar surface area (TPSA) is 151 Å². The number of nitrogens with zero attached hydrogens (tertiary/aromatic N) is 8. The third-order valence-corrected chi connectivity index (χ3v) is 11.7. The summed E-state index contributed by atoms with van der Waals surface area (Å²) in [6.07, 6.45) is 2.77. The first-order chi connectivity index (χ1) is 19.3. The molecule has 0 bridgehead atoms. The van der Waals surface area contributed by atoms with Gasteiger partial charge in [0.1, 0.15) is 29.4 Å². The molecule has 1 aliphatic carbocycles. The maximum atomic E-state index is 14.3. The van der Waals surface area contributed by atoms with Gasteiger partial charge in [0.2, 0.25) is 11.9 Å². The van der Waals surface area contributed by atoms with Crippen molar-refractivity contribution in [3.05, 3.63) is 16.0 Å². The Morgan fingerprint density at radius 1 is 1.23 bits per heavy atom. The molecule has 7 rings (SSSR count). The number of anilines is 3. The first-order valence-corrected chi connectivity index (χ1v) is 15.4. The van der Waals surface area contributed by atoms with Crippen LogP contribution in [0.1, 0.15) is 48.1 Å². The van der Waals surface area contributed by atoms with Gasteiger partial charge in [-0.25, -0.2) is 4.39 Å². The fourth-order valence-electron chi connectivity index (χ4n) is 6.90. The number of nitriles is 2. The van der Waals surface area contributed by atoms with E-state index < -0.39 is 11.7 Å². The molecule has 2 aromatic rings. The number of fused-ring (bicyclic) bond motifs is 3. The van der Waals surface area contributed by atoms with E-state index in [9.17, 15) is 20.0 Å². The van der Waals surface area contributed by atoms with E-state index in [1.165, 1.54) is 11.3 Å². The van der Waals surface area contributed by atoms with Crippen LogP contribution in [0.3, 0.4) is 0 Å². The van der Waals surface area contributed by atoms with Crippen molar-refractivity contribution < 1.29 is 14.2 Å². The second kappa shape index (κ2) is 9.31. The van der Waals surface area contributed by atoms with Gasteiger partial charge in [-0.05, 0) is 32.2 Å². The minimum atomic E-state index is -0.866. The van der Waals surface area contributed by atoms with Gasteiger partial charge >= 0.3 is 6.01 Å². The summed E-state index contributed by atoms with van der Waals surface area (Å²) in [5, 5.41) is 30.0. The summed E-state index contributed by atoms with van der Waals surface area (Å²) in [4.78, 5) is 21.2. The Labute approximate surface area is 239 Å². The Balaban J connectivity index is 1.19. The number of halogens is 1. The minimum absolute atomic E-state index is 0.137. The summed E-state index contributed by atoms with van der Waals surface area (Å²) >= 11 is 3.31. The molecule has 3 N–H and O–H groups in total. The fourth-order valence-corrected chi connectivity index (χ4v) is 9.71. The monoisotopic (exact) mass is 583 g/mol. The molecule has 4 aliphatic heterocycles. The van der Waals surface area contributed by atoms with Crippen molar-refractivity contribution in [2.75, 3.05) is 61.5 Å². The van der Waals surface area contributed by atoms with Gasteiger partial charge in [-0.2, -0.15) is 25.5 Å². The zero-order valence-electron chi connectivity index (χ0n) is 22.0. The van der Waals surface area contributed by atoms with E-state index in [-0.39, 0.29) is 36.1 Å². The van der Waals surface area contributed by atoms with Crippen LogP contribution in [0.15, 0.2) is 0 Å². The van der Waals surface area contributed by atoms with Crippen LogP contribution in [0, 0.1) is 22.7 Å². The van der Waals surface area contributed by atoms with Gasteiger partial charge in [0.25, 0.3) is 0 Å². The lowest BCUT2D eigenvalue weighted by Crippen LogP contribution is -2.57. The van der Waals surface area contributed by atoms with Crippen molar-refractivity contribution >= 4 is 40.0 Å². The molecule has 0 amide bonds. The van der Waals surface area contributed by atoms with E-state index in [4.69, 9.17) is 15.5 Å². The Morgan fingerprint density at radius 3 is 2.77 bits per heavy atom. The predicted octanol–water partition coefficient (Wildman–Crippen LogP) is 2.16. The van der Waals surface area contributed by atoms with Crippen molar-refractivity contribution in [1.82, 2.24) is 19.9 Å². The smallest absolute Gasteiger partial charge is 0.323 e. The van der Waals surface area contributed by atoms with Crippen LogP contribution in [0.25, 0.3) is 0 Å². The lowest BCUT2D eigenvalue weighted by Gasteiger charge is -2.47. The molecular weight excluding hydrogens is 553 g/mol. The molecule has 11 nitrogen and oxygen atoms in total. The SMILES string of the molecule is N#Cc1c(N)sc2c1C1(CN(c3nc(OC[C@@]45CCCN4C[C@H](F)C5)nc(N(CCO)C4(C#N)CC4)n3)C1)SC2. The zero-order valence-corrected chi connectivity index (χ0v) is 23.6. The summed E-state index contributed by atoms with van der Waals surface area (Å²) in [6, 6.07) is 4.81. The van der Waals surface area contributed by atoms with Crippen molar-refractivity contribution in [3.63, 3.8) is 0 Å². The van der Waals surface area contributed by atoms with Crippen LogP contribution in [0.5, 0.6) is 6.01 Å². The van der Waals surface area contributed by atoms with Gasteiger partial charge < -0.3 is 25.4 Å². The van der Waals surface area contributed by atoms with Crippen LogP contribution in [0.2, 0.25) is 0 Å². The number of β-amino-alcohol motifs (C(OH)–C–C–N with tert-alkyl or cyclic N) is 1. The van der Waals surface area contributed by atoms with Crippen molar-refractivity contribution in [2.45, 2.75) is 59.9 Å². The average Bonchev–Trinajstić information content (AvgIpc) is 3.13. The number of nitrogen functional groups attached to an aromatic ring is 1. The van der Waals surface area contributed by atoms with Crippen LogP contribution >= 0.6 is 23.1 Å². The minimum Gasteiger partial charge on any atom is -0.461 e. The number of hydrogen-bond donors (Lipinski definition) is 2. The number of thioether (sulfide) groups is 1. The molecular formula is C26H30FN9O2S2. The maximum Gasteiger partial charge on any atom is 0.323 e. The highest BCUT2D eigenvalue weighted by Gasteiger charge is 2.54. The standard InChI is InChI=1S/C26H30FN9O2S2/c27-16-8-25(2-1-5-35(25)10-16)15-38-23-32-21(31-22(33-23)36(6-7-37)24(12-29)3-4-24)34-13-26(14-34)19-17(9-28)20(30)40-18(19)11-39-26/h16,37H,1-8,10-11,13-15,30H2/t16-,25+/m1/s1. The van der Waals surface area contributed by atoms with Gasteiger partial charge in [0, 0.05) is 48.8 Å². The molecule has 1 spiro atoms. The number of rotatable bonds is 8. The molecule has 0 radical (unpaired) electrons. The van der Waals surface area contributed by atoms with Crippen LogP contribution in [0.4, 0.5) is 21.3 Å². The molecule has 1 saturated carbocycles. The Morgan fingerprint density at radius 2 is 2.05 bits per heavy atom. The summed E-state index contributed by atoms with van der Waals surface area (Å²) in [7, 11) is 0. The van der Waals surface area contributed by atoms with E-state index in [2.05, 4.69) is 27.0 Å². The molecule has 210 valence electrons. The highest BCUT2D eigenvalue weighted by atomic mass is 32.2. The van der Waals surface area contributed by atoms with Crippen LogP contribution in [-0.2, 0) is 10.5 Å². The Hall–Kier alpha value is -2.91. The number of ether oxygens (including phenoxy) is 1. The molecule has 4 fully saturated rings. The number of thiophene rings is 1. The predicted molar refractivity (Wildman–Crippen MR) is 149 cm³/mol. The molecule has 40 heavy (non-hydrogen) atoms. The van der Waals surface area contributed by atoms with Gasteiger partial charge in [0.05, 0.1) is 28.5 Å². The molecule has 2 aromatic heterocycles. The molecule has 0 unspecified atom stereocenters. The quantitative estimate of drug-likeness (QED) is 0.468. The van der Waals surface area contributed by atoms with Crippen molar-refractivity contribution in [1.29, 1.82) is 10.5 Å². The third kappa shape index (κ3) is 3.91. The highest BCUT2D eigenvalue weighted by Crippen LogP contribution is 2.58. The van der Waals surface area contributed by atoms with Gasteiger partial charge in [-0.3, -0.25) is 4.90 Å². The van der Waals surface area contributed by atoms with Gasteiger partial charge in [-0.15, -0.1) is 23.1 Å². The summed E-state index contributed by atoms with van der Waals surface area (Å²) < 4.78 is 20.3. The number of aromatic nitrogens is 3. The highest BCUT2D eigenvalue weighted by molar-refractivity contribution is 8.00. The molecule has 14 heteroatoms. The number of hydrogen-bond acceptors (Lipinski definition) is 13. The molecule has 6 heterocycles. The largest absolute Gasteiger partial charge is 0.461 e. The second-order valence-electron chi connectivity index (χ2n) is 11.5. The number of nitrogens with two attached hydrogens (primary N) is 1. The molecule has 5 aliphatic rings. The summed E-state index contributed by atoms with van der Waals surface area (Å²) in [5.74, 6) is 1.54. The summed E-state index contributed by atoms with van der Waals surface area (Å²) in [5.41, 5.74) is 6.65. The molecule has 3 saturated heterocycles. The summed E-state index contributed by atoms with van der Waals surface area (Å²) in [6.45, 7) is 2.83. The van der Waals surface area contributed by atoms with Gasteiger partial charge in [-0.1, -0.05) is 0 Å². The van der Waals surface area contributed by atoms with E-state index in [1.807, 2.05) is 16.7 Å². The van der Waals surface area contributed by atoms with E-state index >= 15 is 0 Å². The lowest BCUT2D eigenvalue weighted by molar-refractivity contribution is 0.107. The first-order valence-electron chi connectivity index (χ1n) is 13.6.